The van der Waals surface area contributed by atoms with Gasteiger partial charge in [0.05, 0.1) is 6.42 Å². The molecule has 0 aliphatic rings. The van der Waals surface area contributed by atoms with Crippen molar-refractivity contribution < 1.29 is 14.7 Å². The van der Waals surface area contributed by atoms with Crippen LogP contribution in [-0.2, 0) is 9.59 Å². The summed E-state index contributed by atoms with van der Waals surface area (Å²) in [6.07, 6.45) is 4.89. The third-order valence-corrected chi connectivity index (χ3v) is 1.73. The number of carboxylic acids is 1. The van der Waals surface area contributed by atoms with Crippen molar-refractivity contribution in [2.75, 3.05) is 6.54 Å². The Kier molecular flexibility index (Phi) is 4.16. The van der Waals surface area contributed by atoms with E-state index in [0.717, 1.165) is 0 Å². The van der Waals surface area contributed by atoms with Crippen LogP contribution in [0.25, 0.3) is 0 Å². The van der Waals surface area contributed by atoms with Crippen molar-refractivity contribution in [2.24, 2.45) is 0 Å². The van der Waals surface area contributed by atoms with Gasteiger partial charge in [-0.05, 0) is 26.7 Å². The van der Waals surface area contributed by atoms with Crippen molar-refractivity contribution >= 4 is 11.9 Å². The van der Waals surface area contributed by atoms with Crippen molar-refractivity contribution in [1.29, 1.82) is 0 Å². The zero-order chi connectivity index (χ0) is 11.4. The van der Waals surface area contributed by atoms with Gasteiger partial charge in [0, 0.05) is 12.1 Å². The average Bonchev–Trinajstić information content (AvgIpc) is 2.01. The van der Waals surface area contributed by atoms with Gasteiger partial charge in [0.2, 0.25) is 0 Å². The second-order valence-electron chi connectivity index (χ2n) is 3.92. The zero-order valence-corrected chi connectivity index (χ0v) is 8.70. The molecule has 1 amide bonds. The number of amides is 1. The Hall–Kier alpha value is -1.50. The quantitative estimate of drug-likeness (QED) is 0.678. The van der Waals surface area contributed by atoms with Crippen LogP contribution in [0.5, 0.6) is 0 Å². The van der Waals surface area contributed by atoms with Gasteiger partial charge in [0.25, 0.3) is 5.91 Å². The Balaban J connectivity index is 4.52. The van der Waals surface area contributed by atoms with Crippen LogP contribution in [-0.4, -0.2) is 34.0 Å². The van der Waals surface area contributed by atoms with Crippen LogP contribution in [0.3, 0.4) is 0 Å². The molecule has 78 valence electrons. The molecule has 0 rings (SSSR count). The van der Waals surface area contributed by atoms with Crippen molar-refractivity contribution in [1.82, 2.24) is 4.90 Å². The third kappa shape index (κ3) is 3.94. The number of nitrogens with zero attached hydrogens (tertiary/aromatic N) is 1. The van der Waals surface area contributed by atoms with E-state index in [9.17, 15) is 9.59 Å². The first-order chi connectivity index (χ1) is 6.29. The number of hydrogen-bond donors (Lipinski definition) is 1. The first kappa shape index (κ1) is 12.5. The smallest absolute Gasteiger partial charge is 0.305 e. The highest BCUT2D eigenvalue weighted by Gasteiger charge is 2.25. The predicted molar refractivity (Wildman–Crippen MR) is 52.6 cm³/mol. The van der Waals surface area contributed by atoms with E-state index in [0.29, 0.717) is 0 Å². The van der Waals surface area contributed by atoms with E-state index in [1.54, 1.807) is 0 Å². The van der Waals surface area contributed by atoms with Gasteiger partial charge in [0.15, 0.2) is 0 Å². The second kappa shape index (κ2) is 4.66. The number of terminal acetylenes is 1. The molecule has 0 aliphatic heterocycles. The van der Waals surface area contributed by atoms with Gasteiger partial charge in [-0.1, -0.05) is 0 Å². The lowest BCUT2D eigenvalue weighted by molar-refractivity contribution is -0.138. The Morgan fingerprint density at radius 2 is 1.93 bits per heavy atom. The summed E-state index contributed by atoms with van der Waals surface area (Å²) in [7, 11) is 0. The fourth-order valence-corrected chi connectivity index (χ4v) is 1.03. The molecule has 0 spiro atoms. The van der Waals surface area contributed by atoms with Crippen LogP contribution < -0.4 is 0 Å². The molecular weight excluding hydrogens is 182 g/mol. The summed E-state index contributed by atoms with van der Waals surface area (Å²) in [6.45, 7) is 5.57. The largest absolute Gasteiger partial charge is 0.481 e. The molecule has 1 N–H and O–H groups in total. The summed E-state index contributed by atoms with van der Waals surface area (Å²) in [5.74, 6) is 0.575. The molecule has 0 fully saturated rings. The van der Waals surface area contributed by atoms with Gasteiger partial charge in [-0.15, -0.1) is 6.42 Å². The minimum atomic E-state index is -0.941. The maximum Gasteiger partial charge on any atom is 0.305 e. The molecule has 4 heteroatoms. The Bertz CT molecular complexity index is 270. The van der Waals surface area contributed by atoms with Crippen LogP contribution >= 0.6 is 0 Å². The molecule has 0 aliphatic carbocycles. The molecule has 0 saturated carbocycles. The number of carbonyl (C=O) groups is 2. The Morgan fingerprint density at radius 3 is 2.21 bits per heavy atom. The predicted octanol–water partition coefficient (Wildman–Crippen LogP) is 0.721. The summed E-state index contributed by atoms with van der Waals surface area (Å²) in [6, 6.07) is 0. The Labute approximate surface area is 83.9 Å². The molecule has 0 radical (unpaired) electrons. The molecule has 0 aromatic heterocycles. The highest BCUT2D eigenvalue weighted by atomic mass is 16.4. The van der Waals surface area contributed by atoms with E-state index in [2.05, 4.69) is 0 Å². The molecule has 0 aromatic carbocycles. The summed E-state index contributed by atoms with van der Waals surface area (Å²) in [5, 5.41) is 8.49. The van der Waals surface area contributed by atoms with Gasteiger partial charge in [-0.3, -0.25) is 9.59 Å². The first-order valence-corrected chi connectivity index (χ1v) is 4.29. The van der Waals surface area contributed by atoms with Crippen LogP contribution in [0.15, 0.2) is 0 Å². The van der Waals surface area contributed by atoms with Crippen LogP contribution in [0, 0.1) is 12.3 Å². The standard InChI is InChI=1S/C10H15NO3/c1-5-8(12)11(10(2,3)4)7-6-9(13)14/h1H,6-7H2,2-4H3,(H,13,14). The van der Waals surface area contributed by atoms with Gasteiger partial charge in [0.1, 0.15) is 0 Å². The van der Waals surface area contributed by atoms with Gasteiger partial charge < -0.3 is 10.0 Å². The van der Waals surface area contributed by atoms with E-state index < -0.39 is 17.4 Å². The fourth-order valence-electron chi connectivity index (χ4n) is 1.03. The van der Waals surface area contributed by atoms with Crippen molar-refractivity contribution in [3.63, 3.8) is 0 Å². The molecule has 0 aromatic rings. The molecule has 0 bridgehead atoms. The van der Waals surface area contributed by atoms with E-state index in [4.69, 9.17) is 11.5 Å². The van der Waals surface area contributed by atoms with E-state index in [-0.39, 0.29) is 13.0 Å². The molecule has 0 saturated heterocycles. The van der Waals surface area contributed by atoms with Crippen molar-refractivity contribution in [2.45, 2.75) is 32.7 Å². The summed E-state index contributed by atoms with van der Waals surface area (Å²) >= 11 is 0. The van der Waals surface area contributed by atoms with Crippen molar-refractivity contribution in [3.05, 3.63) is 0 Å². The number of carboxylic acid groups (broad SMARTS) is 1. The lowest BCUT2D eigenvalue weighted by Gasteiger charge is -2.33. The molecular formula is C10H15NO3. The third-order valence-electron chi connectivity index (χ3n) is 1.73. The normalized spacial score (nSPS) is 10.4. The van der Waals surface area contributed by atoms with Gasteiger partial charge in [-0.25, -0.2) is 0 Å². The fraction of sp³-hybridized carbons (Fsp3) is 0.600. The summed E-state index contributed by atoms with van der Waals surface area (Å²) < 4.78 is 0. The number of aliphatic carboxylic acids is 1. The molecule has 4 nitrogen and oxygen atoms in total. The van der Waals surface area contributed by atoms with Gasteiger partial charge >= 0.3 is 5.97 Å². The number of rotatable bonds is 3. The van der Waals surface area contributed by atoms with Crippen LogP contribution in [0.2, 0.25) is 0 Å². The maximum absolute atomic E-state index is 11.3. The summed E-state index contributed by atoms with van der Waals surface area (Å²) in [5.41, 5.74) is -0.446. The van der Waals surface area contributed by atoms with E-state index in [1.807, 2.05) is 26.7 Å². The topological polar surface area (TPSA) is 57.6 Å². The SMILES string of the molecule is C#CC(=O)N(CCC(=O)O)C(C)(C)C. The second-order valence-corrected chi connectivity index (χ2v) is 3.92. The van der Waals surface area contributed by atoms with E-state index in [1.165, 1.54) is 4.90 Å². The van der Waals surface area contributed by atoms with Gasteiger partial charge in [-0.2, -0.15) is 0 Å². The number of carbonyl (C=O) groups excluding carboxylic acids is 1. The molecule has 0 heterocycles. The number of hydrogen-bond acceptors (Lipinski definition) is 2. The lowest BCUT2D eigenvalue weighted by atomic mass is 10.1. The lowest BCUT2D eigenvalue weighted by Crippen LogP contribution is -2.46. The van der Waals surface area contributed by atoms with Crippen molar-refractivity contribution in [3.8, 4) is 12.3 Å². The summed E-state index contributed by atoms with van der Waals surface area (Å²) in [4.78, 5) is 23.0. The average molecular weight is 197 g/mol. The maximum atomic E-state index is 11.3. The molecule has 0 unspecified atom stereocenters. The van der Waals surface area contributed by atoms with Crippen LogP contribution in [0.4, 0.5) is 0 Å². The van der Waals surface area contributed by atoms with E-state index >= 15 is 0 Å². The Morgan fingerprint density at radius 1 is 1.43 bits per heavy atom. The highest BCUT2D eigenvalue weighted by molar-refractivity contribution is 5.93. The molecule has 0 atom stereocenters. The molecule has 14 heavy (non-hydrogen) atoms. The van der Waals surface area contributed by atoms with Crippen LogP contribution in [0.1, 0.15) is 27.2 Å². The zero-order valence-electron chi connectivity index (χ0n) is 8.70. The first-order valence-electron chi connectivity index (χ1n) is 4.29. The highest BCUT2D eigenvalue weighted by Crippen LogP contribution is 2.13. The minimum Gasteiger partial charge on any atom is -0.481 e. The minimum absolute atomic E-state index is 0.0926. The monoisotopic (exact) mass is 197 g/mol.